The minimum absolute atomic E-state index is 0.0657. The number of rotatable bonds is 4. The van der Waals surface area contributed by atoms with Crippen LogP contribution in [0.3, 0.4) is 0 Å². The van der Waals surface area contributed by atoms with Crippen molar-refractivity contribution in [2.24, 2.45) is 5.41 Å². The zero-order valence-electron chi connectivity index (χ0n) is 10.4. The Morgan fingerprint density at radius 1 is 1.47 bits per heavy atom. The van der Waals surface area contributed by atoms with Gasteiger partial charge in [-0.3, -0.25) is 4.79 Å². The summed E-state index contributed by atoms with van der Waals surface area (Å²) in [6.07, 6.45) is 1.03. The van der Waals surface area contributed by atoms with Crippen molar-refractivity contribution in [1.29, 1.82) is 0 Å². The molecule has 2 nitrogen and oxygen atoms in total. The van der Waals surface area contributed by atoms with Crippen LogP contribution in [-0.2, 0) is 0 Å². The van der Waals surface area contributed by atoms with E-state index >= 15 is 0 Å². The highest BCUT2D eigenvalue weighted by molar-refractivity contribution is 9.10. The second-order valence-corrected chi connectivity index (χ2v) is 6.26. The fourth-order valence-electron chi connectivity index (χ4n) is 1.24. The van der Waals surface area contributed by atoms with Crippen LogP contribution in [0.4, 0.5) is 0 Å². The fraction of sp³-hybridized carbons (Fsp3) is 0.462. The van der Waals surface area contributed by atoms with E-state index in [4.69, 9.17) is 0 Å². The van der Waals surface area contributed by atoms with Gasteiger partial charge in [0.05, 0.1) is 5.56 Å². The van der Waals surface area contributed by atoms with E-state index in [1.54, 1.807) is 6.07 Å². The average Bonchev–Trinajstić information content (AvgIpc) is 2.26. The number of benzene rings is 1. The van der Waals surface area contributed by atoms with Crippen LogP contribution in [-0.4, -0.2) is 12.5 Å². The zero-order valence-corrected chi connectivity index (χ0v) is 12.9. The zero-order chi connectivity index (χ0) is 13.1. The van der Waals surface area contributed by atoms with E-state index in [1.807, 2.05) is 12.1 Å². The van der Waals surface area contributed by atoms with Crippen molar-refractivity contribution < 1.29 is 4.79 Å². The van der Waals surface area contributed by atoms with Crippen molar-refractivity contribution in [2.45, 2.75) is 32.1 Å². The van der Waals surface area contributed by atoms with Crippen LogP contribution in [0, 0.1) is 5.41 Å². The van der Waals surface area contributed by atoms with Crippen LogP contribution in [0.5, 0.6) is 0 Å². The molecule has 1 aromatic carbocycles. The molecular formula is C13H18BrNOS. The molecule has 0 spiro atoms. The number of carbonyl (C=O) groups excluding carboxylic acids is 1. The number of thiol groups is 1. The van der Waals surface area contributed by atoms with Gasteiger partial charge in [0.1, 0.15) is 0 Å². The molecule has 0 aromatic heterocycles. The first-order valence-corrected chi connectivity index (χ1v) is 6.86. The molecule has 0 fully saturated rings. The van der Waals surface area contributed by atoms with Crippen molar-refractivity contribution in [3.8, 4) is 0 Å². The van der Waals surface area contributed by atoms with Crippen LogP contribution in [0.1, 0.15) is 37.6 Å². The van der Waals surface area contributed by atoms with E-state index in [0.29, 0.717) is 17.0 Å². The summed E-state index contributed by atoms with van der Waals surface area (Å²) in [6.45, 7) is 7.06. The molecular weight excluding hydrogens is 298 g/mol. The summed E-state index contributed by atoms with van der Waals surface area (Å²) >= 11 is 7.65. The van der Waals surface area contributed by atoms with Crippen molar-refractivity contribution >= 4 is 34.5 Å². The van der Waals surface area contributed by atoms with Gasteiger partial charge in [0.15, 0.2) is 0 Å². The third-order valence-corrected chi connectivity index (χ3v) is 3.75. The lowest BCUT2D eigenvalue weighted by molar-refractivity contribution is 0.0933. The average molecular weight is 316 g/mol. The third-order valence-electron chi connectivity index (χ3n) is 2.89. The summed E-state index contributed by atoms with van der Waals surface area (Å²) in [5.74, 6) is -0.0657. The molecule has 0 heterocycles. The summed E-state index contributed by atoms with van der Waals surface area (Å²) in [5.41, 5.74) is 0.741. The summed E-state index contributed by atoms with van der Waals surface area (Å²) in [5, 5.41) is 2.95. The molecule has 1 rings (SSSR count). The van der Waals surface area contributed by atoms with Gasteiger partial charge in [0.25, 0.3) is 5.91 Å². The van der Waals surface area contributed by atoms with E-state index in [0.717, 1.165) is 10.9 Å². The van der Waals surface area contributed by atoms with Crippen LogP contribution in [0.2, 0.25) is 0 Å². The molecule has 0 aliphatic carbocycles. The molecule has 0 saturated carbocycles. The van der Waals surface area contributed by atoms with Crippen molar-refractivity contribution in [3.63, 3.8) is 0 Å². The van der Waals surface area contributed by atoms with Crippen LogP contribution in [0.25, 0.3) is 0 Å². The van der Waals surface area contributed by atoms with Gasteiger partial charge in [-0.15, -0.1) is 12.6 Å². The van der Waals surface area contributed by atoms with Crippen LogP contribution in [0.15, 0.2) is 27.6 Å². The first-order valence-electron chi connectivity index (χ1n) is 5.62. The lowest BCUT2D eigenvalue weighted by Crippen LogP contribution is -2.33. The first-order chi connectivity index (χ1) is 7.85. The summed E-state index contributed by atoms with van der Waals surface area (Å²) < 4.78 is 0.924. The van der Waals surface area contributed by atoms with Gasteiger partial charge >= 0.3 is 0 Å². The topological polar surface area (TPSA) is 29.1 Å². The lowest BCUT2D eigenvalue weighted by atomic mass is 9.90. The predicted molar refractivity (Wildman–Crippen MR) is 77.8 cm³/mol. The Hall–Kier alpha value is -0.480. The Bertz CT molecular complexity index is 418. The molecule has 0 aliphatic rings. The molecule has 1 aromatic rings. The number of hydrogen-bond acceptors (Lipinski definition) is 2. The Labute approximate surface area is 117 Å². The summed E-state index contributed by atoms with van der Waals surface area (Å²) in [4.78, 5) is 12.7. The number of amides is 1. The largest absolute Gasteiger partial charge is 0.351 e. The Morgan fingerprint density at radius 2 is 2.12 bits per heavy atom. The van der Waals surface area contributed by atoms with Gasteiger partial charge in [-0.25, -0.2) is 0 Å². The fourth-order valence-corrected chi connectivity index (χ4v) is 2.09. The molecule has 0 radical (unpaired) electrons. The minimum atomic E-state index is -0.0657. The highest BCUT2D eigenvalue weighted by atomic mass is 79.9. The van der Waals surface area contributed by atoms with Gasteiger partial charge in [-0.2, -0.15) is 0 Å². The quantitative estimate of drug-likeness (QED) is 0.811. The monoisotopic (exact) mass is 315 g/mol. The number of halogens is 1. The SMILES string of the molecule is CCC(C)(C)CNC(=O)c1ccc(Br)cc1S. The normalized spacial score (nSPS) is 11.4. The summed E-state index contributed by atoms with van der Waals surface area (Å²) in [7, 11) is 0. The maximum absolute atomic E-state index is 12.0. The highest BCUT2D eigenvalue weighted by Crippen LogP contribution is 2.21. The molecule has 0 unspecified atom stereocenters. The molecule has 17 heavy (non-hydrogen) atoms. The number of hydrogen-bond donors (Lipinski definition) is 2. The van der Waals surface area contributed by atoms with E-state index in [-0.39, 0.29) is 11.3 Å². The van der Waals surface area contributed by atoms with Gasteiger partial charge < -0.3 is 5.32 Å². The first kappa shape index (κ1) is 14.6. The molecule has 0 bridgehead atoms. The third kappa shape index (κ3) is 4.36. The molecule has 4 heteroatoms. The van der Waals surface area contributed by atoms with E-state index in [2.05, 4.69) is 54.6 Å². The molecule has 94 valence electrons. The van der Waals surface area contributed by atoms with Gasteiger partial charge in [-0.05, 0) is 30.0 Å². The molecule has 0 aliphatic heterocycles. The summed E-state index contributed by atoms with van der Waals surface area (Å²) in [6, 6.07) is 5.45. The maximum Gasteiger partial charge on any atom is 0.252 e. The van der Waals surface area contributed by atoms with Gasteiger partial charge in [-0.1, -0.05) is 36.7 Å². The van der Waals surface area contributed by atoms with Crippen LogP contribution >= 0.6 is 28.6 Å². The van der Waals surface area contributed by atoms with E-state index < -0.39 is 0 Å². The maximum atomic E-state index is 12.0. The smallest absolute Gasteiger partial charge is 0.252 e. The van der Waals surface area contributed by atoms with Crippen molar-refractivity contribution in [1.82, 2.24) is 5.32 Å². The standard InChI is InChI=1S/C13H18BrNOS/c1-4-13(2,3)8-15-12(16)10-6-5-9(14)7-11(10)17/h5-7,17H,4,8H2,1-3H3,(H,15,16). The van der Waals surface area contributed by atoms with Crippen molar-refractivity contribution in [3.05, 3.63) is 28.2 Å². The van der Waals surface area contributed by atoms with Crippen LogP contribution < -0.4 is 5.32 Å². The number of nitrogens with one attached hydrogen (secondary N) is 1. The molecule has 1 N–H and O–H groups in total. The van der Waals surface area contributed by atoms with E-state index in [9.17, 15) is 4.79 Å². The Morgan fingerprint density at radius 3 is 2.65 bits per heavy atom. The van der Waals surface area contributed by atoms with E-state index in [1.165, 1.54) is 0 Å². The second-order valence-electron chi connectivity index (χ2n) is 4.86. The highest BCUT2D eigenvalue weighted by Gasteiger charge is 2.17. The Balaban J connectivity index is 2.71. The van der Waals surface area contributed by atoms with Gasteiger partial charge in [0.2, 0.25) is 0 Å². The lowest BCUT2D eigenvalue weighted by Gasteiger charge is -2.23. The minimum Gasteiger partial charge on any atom is -0.351 e. The van der Waals surface area contributed by atoms with Gasteiger partial charge in [0, 0.05) is 15.9 Å². The molecule has 1 amide bonds. The number of carbonyl (C=O) groups is 1. The van der Waals surface area contributed by atoms with Crippen molar-refractivity contribution in [2.75, 3.05) is 6.54 Å². The second kappa shape index (κ2) is 5.91. The molecule has 0 atom stereocenters. The Kier molecular flexibility index (Phi) is 5.07. The molecule has 0 saturated heterocycles. The predicted octanol–water partition coefficient (Wildman–Crippen LogP) is 3.90.